The fraction of sp³-hybridized carbons (Fsp3) is 0.421. The Balaban J connectivity index is 1.54. The van der Waals surface area contributed by atoms with Crippen molar-refractivity contribution in [2.24, 2.45) is 0 Å². The van der Waals surface area contributed by atoms with Crippen molar-refractivity contribution in [1.82, 2.24) is 20.4 Å². The summed E-state index contributed by atoms with van der Waals surface area (Å²) in [5, 5.41) is 9.47. The lowest BCUT2D eigenvalue weighted by molar-refractivity contribution is -0.134. The van der Waals surface area contributed by atoms with Crippen molar-refractivity contribution in [3.05, 3.63) is 53.9 Å². The van der Waals surface area contributed by atoms with Crippen LogP contribution in [0.4, 0.5) is 0 Å². The maximum Gasteiger partial charge on any atom is 0.269 e. The van der Waals surface area contributed by atoms with E-state index < -0.39 is 0 Å². The first kappa shape index (κ1) is 17.2. The summed E-state index contributed by atoms with van der Waals surface area (Å²) in [4.78, 5) is 26.9. The molecule has 6 heteroatoms. The van der Waals surface area contributed by atoms with E-state index in [0.717, 1.165) is 24.8 Å². The molecule has 2 aromatic rings. The van der Waals surface area contributed by atoms with Crippen LogP contribution < -0.4 is 5.32 Å². The van der Waals surface area contributed by atoms with E-state index in [2.05, 4.69) is 15.5 Å². The van der Waals surface area contributed by atoms with Gasteiger partial charge < -0.3 is 10.2 Å². The number of benzene rings is 1. The Morgan fingerprint density at radius 1 is 1.24 bits per heavy atom. The maximum absolute atomic E-state index is 12.9. The van der Waals surface area contributed by atoms with Gasteiger partial charge in [-0.05, 0) is 30.9 Å². The second kappa shape index (κ2) is 7.96. The predicted octanol–water partition coefficient (Wildman–Crippen LogP) is 2.32. The highest BCUT2D eigenvalue weighted by Gasteiger charge is 2.28. The van der Waals surface area contributed by atoms with E-state index in [-0.39, 0.29) is 23.8 Å². The molecule has 0 saturated carbocycles. The fourth-order valence-corrected chi connectivity index (χ4v) is 3.35. The number of rotatable bonds is 5. The van der Waals surface area contributed by atoms with E-state index in [0.29, 0.717) is 18.8 Å². The summed E-state index contributed by atoms with van der Waals surface area (Å²) in [6.07, 6.45) is 3.90. The van der Waals surface area contributed by atoms with Crippen LogP contribution in [0, 0.1) is 0 Å². The molecule has 1 saturated heterocycles. The van der Waals surface area contributed by atoms with E-state index in [9.17, 15) is 9.59 Å². The third kappa shape index (κ3) is 4.07. The molecule has 1 aromatic heterocycles. The Labute approximate surface area is 147 Å². The molecule has 0 spiro atoms. The molecule has 2 N–H and O–H groups in total. The molecule has 1 aliphatic rings. The summed E-state index contributed by atoms with van der Waals surface area (Å²) in [5.41, 5.74) is 1.54. The summed E-state index contributed by atoms with van der Waals surface area (Å²) in [6.45, 7) is 3.40. The molecule has 1 atom stereocenters. The number of nitrogens with one attached hydrogen (secondary N) is 2. The van der Waals surface area contributed by atoms with Crippen LogP contribution >= 0.6 is 0 Å². The Morgan fingerprint density at radius 2 is 1.96 bits per heavy atom. The van der Waals surface area contributed by atoms with Crippen LogP contribution in [0.15, 0.2) is 42.6 Å². The smallest absolute Gasteiger partial charge is 0.269 e. The van der Waals surface area contributed by atoms with Gasteiger partial charge in [0.25, 0.3) is 5.91 Å². The number of H-pyrrole nitrogens is 1. The van der Waals surface area contributed by atoms with Crippen molar-refractivity contribution >= 4 is 11.8 Å². The number of hydrogen-bond acceptors (Lipinski definition) is 3. The average molecular weight is 340 g/mol. The van der Waals surface area contributed by atoms with Gasteiger partial charge >= 0.3 is 0 Å². The molecule has 0 radical (unpaired) electrons. The molecule has 2 heterocycles. The van der Waals surface area contributed by atoms with Crippen molar-refractivity contribution < 1.29 is 9.59 Å². The van der Waals surface area contributed by atoms with Crippen LogP contribution in [0.5, 0.6) is 0 Å². The van der Waals surface area contributed by atoms with Gasteiger partial charge in [0, 0.05) is 25.3 Å². The van der Waals surface area contributed by atoms with Crippen LogP contribution in [-0.2, 0) is 4.79 Å². The van der Waals surface area contributed by atoms with Crippen LogP contribution in [0.25, 0.3) is 0 Å². The van der Waals surface area contributed by atoms with Crippen LogP contribution in [0.3, 0.4) is 0 Å². The first-order valence-electron chi connectivity index (χ1n) is 8.83. The number of nitrogens with zero attached hydrogens (tertiary/aromatic N) is 2. The highest BCUT2D eigenvalue weighted by molar-refractivity contribution is 5.92. The van der Waals surface area contributed by atoms with Crippen molar-refractivity contribution in [3.63, 3.8) is 0 Å². The molecular weight excluding hydrogens is 316 g/mol. The highest BCUT2D eigenvalue weighted by atomic mass is 16.2. The van der Waals surface area contributed by atoms with Gasteiger partial charge in [-0.15, -0.1) is 0 Å². The number of aromatic nitrogens is 2. The summed E-state index contributed by atoms with van der Waals surface area (Å²) in [6, 6.07) is 11.7. The predicted molar refractivity (Wildman–Crippen MR) is 95.1 cm³/mol. The van der Waals surface area contributed by atoms with Gasteiger partial charge in [-0.2, -0.15) is 5.10 Å². The Morgan fingerprint density at radius 3 is 2.56 bits per heavy atom. The van der Waals surface area contributed by atoms with Gasteiger partial charge in [-0.3, -0.25) is 14.7 Å². The third-order valence-electron chi connectivity index (χ3n) is 4.80. The Kier molecular flexibility index (Phi) is 5.48. The molecule has 1 fully saturated rings. The molecule has 132 valence electrons. The van der Waals surface area contributed by atoms with Crippen molar-refractivity contribution in [2.45, 2.75) is 38.1 Å². The highest BCUT2D eigenvalue weighted by Crippen LogP contribution is 2.24. The Bertz CT molecular complexity index is 691. The van der Waals surface area contributed by atoms with Gasteiger partial charge in [-0.25, -0.2) is 0 Å². The third-order valence-corrected chi connectivity index (χ3v) is 4.80. The van der Waals surface area contributed by atoms with Crippen LogP contribution in [-0.4, -0.2) is 46.0 Å². The van der Waals surface area contributed by atoms with Gasteiger partial charge in [-0.1, -0.05) is 37.3 Å². The number of likely N-dealkylation sites (tertiary alicyclic amines) is 1. The zero-order valence-corrected chi connectivity index (χ0v) is 14.4. The topological polar surface area (TPSA) is 78.1 Å². The lowest BCUT2D eigenvalue weighted by Gasteiger charge is -2.34. The first-order chi connectivity index (χ1) is 12.2. The van der Waals surface area contributed by atoms with Gasteiger partial charge in [0.15, 0.2) is 0 Å². The quantitative estimate of drug-likeness (QED) is 0.877. The van der Waals surface area contributed by atoms with Crippen molar-refractivity contribution in [3.8, 4) is 0 Å². The molecule has 2 amide bonds. The zero-order valence-electron chi connectivity index (χ0n) is 14.4. The molecular formula is C19H24N4O2. The Hall–Kier alpha value is -2.63. The normalized spacial score (nSPS) is 16.4. The number of carbonyl (C=O) groups is 2. The summed E-state index contributed by atoms with van der Waals surface area (Å²) >= 11 is 0. The summed E-state index contributed by atoms with van der Waals surface area (Å²) in [5.74, 6) is -0.0395. The van der Waals surface area contributed by atoms with E-state index in [1.165, 1.54) is 0 Å². The molecule has 1 aromatic carbocycles. The molecule has 3 rings (SSSR count). The number of piperidine rings is 1. The number of aromatic amines is 1. The monoisotopic (exact) mass is 340 g/mol. The van der Waals surface area contributed by atoms with Crippen LogP contribution in [0.1, 0.15) is 48.2 Å². The molecule has 0 aliphatic carbocycles. The van der Waals surface area contributed by atoms with Crippen molar-refractivity contribution in [1.29, 1.82) is 0 Å². The molecule has 6 nitrogen and oxygen atoms in total. The summed E-state index contributed by atoms with van der Waals surface area (Å²) < 4.78 is 0. The van der Waals surface area contributed by atoms with Gasteiger partial charge in [0.2, 0.25) is 5.91 Å². The van der Waals surface area contributed by atoms with Gasteiger partial charge in [0.05, 0.1) is 5.92 Å². The number of hydrogen-bond donors (Lipinski definition) is 2. The van der Waals surface area contributed by atoms with Crippen molar-refractivity contribution in [2.75, 3.05) is 13.1 Å². The van der Waals surface area contributed by atoms with E-state index in [4.69, 9.17) is 0 Å². The maximum atomic E-state index is 12.9. The van der Waals surface area contributed by atoms with E-state index in [1.807, 2.05) is 42.2 Å². The van der Waals surface area contributed by atoms with Crippen LogP contribution in [0.2, 0.25) is 0 Å². The van der Waals surface area contributed by atoms with E-state index in [1.54, 1.807) is 12.3 Å². The standard InChI is InChI=1S/C19H24N4O2/c1-2-16(14-6-4-3-5-7-14)19(25)23-12-9-15(10-13-23)21-18(24)17-8-11-20-22-17/h3-8,11,15-16H,2,9-10,12-13H2,1H3,(H,20,22)(H,21,24)/t16-/m1/s1. The second-order valence-electron chi connectivity index (χ2n) is 6.41. The minimum atomic E-state index is -0.141. The first-order valence-corrected chi connectivity index (χ1v) is 8.83. The minimum absolute atomic E-state index is 0.0858. The molecule has 0 bridgehead atoms. The lowest BCUT2D eigenvalue weighted by Crippen LogP contribution is -2.47. The van der Waals surface area contributed by atoms with E-state index >= 15 is 0 Å². The molecule has 0 unspecified atom stereocenters. The number of carbonyl (C=O) groups excluding carboxylic acids is 2. The largest absolute Gasteiger partial charge is 0.348 e. The average Bonchev–Trinajstić information content (AvgIpc) is 3.19. The minimum Gasteiger partial charge on any atom is -0.348 e. The SMILES string of the molecule is CC[C@@H](C(=O)N1CCC(NC(=O)c2ccn[nH]2)CC1)c1ccccc1. The molecule has 1 aliphatic heterocycles. The van der Waals surface area contributed by atoms with Gasteiger partial charge in [0.1, 0.15) is 5.69 Å². The number of amides is 2. The lowest BCUT2D eigenvalue weighted by atomic mass is 9.93. The summed E-state index contributed by atoms with van der Waals surface area (Å²) in [7, 11) is 0. The zero-order chi connectivity index (χ0) is 17.6. The fourth-order valence-electron chi connectivity index (χ4n) is 3.35. The molecule has 25 heavy (non-hydrogen) atoms. The second-order valence-corrected chi connectivity index (χ2v) is 6.41.